The molecule has 3 nitrogen and oxygen atoms in total. The standard InChI is InChI=1S/C41H78O3SSi2/c1-8-15-16-17-18-19-20-21-22-23-24-25-26-27-31-34-38(43-46(9-2,10-3)11-4)40(44-47(12-5,13-6)14-7)35-39-41(42-39)36-45-37-32-29-28-30-33-37/h28-30,32-33,38-41H,8-27,31,34-36H2,1-7H3/t38-,39+,40-,41+/m0/s1. The van der Waals surface area contributed by atoms with E-state index in [2.05, 4.69) is 78.8 Å². The van der Waals surface area contributed by atoms with Gasteiger partial charge in [-0.05, 0) is 54.8 Å². The van der Waals surface area contributed by atoms with Crippen molar-refractivity contribution in [3.05, 3.63) is 30.3 Å². The van der Waals surface area contributed by atoms with Gasteiger partial charge in [-0.2, -0.15) is 0 Å². The highest BCUT2D eigenvalue weighted by Gasteiger charge is 2.45. The molecule has 0 bridgehead atoms. The Morgan fingerprint density at radius 1 is 0.553 bits per heavy atom. The van der Waals surface area contributed by atoms with Crippen LogP contribution in [0.3, 0.4) is 0 Å². The first-order valence-corrected chi connectivity index (χ1v) is 26.7. The second-order valence-corrected chi connectivity index (χ2v) is 25.2. The SMILES string of the molecule is CCCCCCCCCCCCCCCCC[C@H](O[Si](CC)(CC)CC)[C@H](C[C@H]1O[C@@H]1CSc1ccccc1)O[Si](CC)(CC)CC. The molecule has 1 aromatic rings. The molecular weight excluding hydrogens is 629 g/mol. The first kappa shape index (κ1) is 43.0. The van der Waals surface area contributed by atoms with Crippen LogP contribution in [0.25, 0.3) is 0 Å². The van der Waals surface area contributed by atoms with Crippen molar-refractivity contribution in [2.45, 2.75) is 223 Å². The van der Waals surface area contributed by atoms with Gasteiger partial charge in [-0.1, -0.05) is 163 Å². The van der Waals surface area contributed by atoms with Crippen LogP contribution in [0.1, 0.15) is 158 Å². The minimum atomic E-state index is -1.80. The lowest BCUT2D eigenvalue weighted by Gasteiger charge is -2.41. The number of hydrogen-bond donors (Lipinski definition) is 0. The van der Waals surface area contributed by atoms with Gasteiger partial charge in [-0.25, -0.2) is 0 Å². The Hall–Kier alpha value is -0.116. The van der Waals surface area contributed by atoms with Gasteiger partial charge in [0.25, 0.3) is 0 Å². The molecule has 1 saturated heterocycles. The molecule has 0 radical (unpaired) electrons. The van der Waals surface area contributed by atoms with Crippen LogP contribution in [-0.2, 0) is 13.6 Å². The maximum absolute atomic E-state index is 7.41. The van der Waals surface area contributed by atoms with E-state index in [1.165, 1.54) is 137 Å². The van der Waals surface area contributed by atoms with Gasteiger partial charge in [-0.15, -0.1) is 11.8 Å². The zero-order valence-corrected chi connectivity index (χ0v) is 35.1. The molecule has 1 aliphatic heterocycles. The number of thioether (sulfide) groups is 1. The zero-order valence-electron chi connectivity index (χ0n) is 32.3. The Morgan fingerprint density at radius 2 is 0.979 bits per heavy atom. The van der Waals surface area contributed by atoms with E-state index in [1.807, 2.05) is 11.8 Å². The Balaban J connectivity index is 1.92. The van der Waals surface area contributed by atoms with E-state index in [0.717, 1.165) is 18.6 Å². The van der Waals surface area contributed by atoms with Gasteiger partial charge in [-0.3, -0.25) is 0 Å². The van der Waals surface area contributed by atoms with E-state index in [9.17, 15) is 0 Å². The number of epoxide rings is 1. The molecule has 0 amide bonds. The number of unbranched alkanes of at least 4 members (excludes halogenated alkanes) is 14. The summed E-state index contributed by atoms with van der Waals surface area (Å²) in [6, 6.07) is 18.0. The highest BCUT2D eigenvalue weighted by molar-refractivity contribution is 7.99. The van der Waals surface area contributed by atoms with Gasteiger partial charge < -0.3 is 13.6 Å². The molecule has 0 aliphatic carbocycles. The van der Waals surface area contributed by atoms with Gasteiger partial charge in [0.2, 0.25) is 0 Å². The van der Waals surface area contributed by atoms with Crippen LogP contribution in [0.5, 0.6) is 0 Å². The Labute approximate surface area is 300 Å². The lowest BCUT2D eigenvalue weighted by molar-refractivity contribution is 0.0225. The summed E-state index contributed by atoms with van der Waals surface area (Å²) in [6.07, 6.45) is 24.3. The monoisotopic (exact) mass is 707 g/mol. The predicted octanol–water partition coefficient (Wildman–Crippen LogP) is 14.0. The van der Waals surface area contributed by atoms with Crippen molar-refractivity contribution >= 4 is 28.4 Å². The lowest BCUT2D eigenvalue weighted by Crippen LogP contribution is -2.50. The van der Waals surface area contributed by atoms with Crippen LogP contribution < -0.4 is 0 Å². The number of hydrogen-bond acceptors (Lipinski definition) is 4. The van der Waals surface area contributed by atoms with Crippen molar-refractivity contribution < 1.29 is 13.6 Å². The smallest absolute Gasteiger partial charge is 0.192 e. The fraction of sp³-hybridized carbons (Fsp3) is 0.854. The average molecular weight is 707 g/mol. The van der Waals surface area contributed by atoms with Crippen LogP contribution in [0.4, 0.5) is 0 Å². The second kappa shape index (κ2) is 25.8. The lowest BCUT2D eigenvalue weighted by atomic mass is 10.00. The predicted molar refractivity (Wildman–Crippen MR) is 214 cm³/mol. The molecule has 1 aromatic carbocycles. The van der Waals surface area contributed by atoms with E-state index < -0.39 is 16.6 Å². The summed E-state index contributed by atoms with van der Waals surface area (Å²) in [6.45, 7) is 16.6. The topological polar surface area (TPSA) is 31.0 Å². The molecular formula is C41H78O3SSi2. The van der Waals surface area contributed by atoms with Crippen molar-refractivity contribution in [2.24, 2.45) is 0 Å². The highest BCUT2D eigenvalue weighted by Crippen LogP contribution is 2.38. The summed E-state index contributed by atoms with van der Waals surface area (Å²) in [4.78, 5) is 1.34. The highest BCUT2D eigenvalue weighted by atomic mass is 32.2. The Kier molecular flexibility index (Phi) is 23.6. The quantitative estimate of drug-likeness (QED) is 0.0323. The van der Waals surface area contributed by atoms with Crippen LogP contribution in [-0.4, -0.2) is 46.8 Å². The summed E-state index contributed by atoms with van der Waals surface area (Å²) in [7, 11) is -3.57. The summed E-state index contributed by atoms with van der Waals surface area (Å²) >= 11 is 1.93. The van der Waals surface area contributed by atoms with Gasteiger partial charge in [0, 0.05) is 17.1 Å². The summed E-state index contributed by atoms with van der Waals surface area (Å²) in [5.41, 5.74) is 0. The third kappa shape index (κ3) is 17.1. The summed E-state index contributed by atoms with van der Waals surface area (Å²) < 4.78 is 21.2. The van der Waals surface area contributed by atoms with E-state index in [4.69, 9.17) is 13.6 Å². The van der Waals surface area contributed by atoms with Crippen molar-refractivity contribution in [3.8, 4) is 0 Å². The van der Waals surface area contributed by atoms with Crippen LogP contribution >= 0.6 is 11.8 Å². The molecule has 2 rings (SSSR count). The summed E-state index contributed by atoms with van der Waals surface area (Å²) in [5, 5.41) is 0. The summed E-state index contributed by atoms with van der Waals surface area (Å²) in [5.74, 6) is 1.03. The molecule has 0 aromatic heterocycles. The van der Waals surface area contributed by atoms with E-state index in [0.29, 0.717) is 12.2 Å². The van der Waals surface area contributed by atoms with Crippen molar-refractivity contribution in [1.29, 1.82) is 0 Å². The second-order valence-electron chi connectivity index (χ2n) is 14.6. The third-order valence-corrected chi connectivity index (χ3v) is 21.9. The van der Waals surface area contributed by atoms with E-state index in [-0.39, 0.29) is 12.2 Å². The number of rotatable bonds is 32. The molecule has 1 aliphatic rings. The fourth-order valence-corrected chi connectivity index (χ4v) is 14.2. The largest absolute Gasteiger partial charge is 0.411 e. The van der Waals surface area contributed by atoms with Gasteiger partial charge in [0.1, 0.15) is 0 Å². The molecule has 0 N–H and O–H groups in total. The zero-order chi connectivity index (χ0) is 34.2. The molecule has 4 atom stereocenters. The normalized spacial score (nSPS) is 18.0. The molecule has 6 heteroatoms. The molecule has 0 spiro atoms. The maximum Gasteiger partial charge on any atom is 0.192 e. The van der Waals surface area contributed by atoms with Gasteiger partial charge in [0.05, 0.1) is 24.4 Å². The number of ether oxygens (including phenoxy) is 1. The minimum absolute atomic E-state index is 0.168. The molecule has 0 unspecified atom stereocenters. The minimum Gasteiger partial charge on any atom is -0.411 e. The van der Waals surface area contributed by atoms with E-state index >= 15 is 0 Å². The average Bonchev–Trinajstić information content (AvgIpc) is 3.87. The third-order valence-electron chi connectivity index (χ3n) is 11.5. The van der Waals surface area contributed by atoms with Gasteiger partial charge >= 0.3 is 0 Å². The van der Waals surface area contributed by atoms with Crippen LogP contribution in [0.15, 0.2) is 35.2 Å². The molecule has 1 heterocycles. The van der Waals surface area contributed by atoms with E-state index in [1.54, 1.807) is 0 Å². The first-order valence-electron chi connectivity index (χ1n) is 20.6. The Morgan fingerprint density at radius 3 is 1.43 bits per heavy atom. The molecule has 1 fully saturated rings. The Bertz CT molecular complexity index is 847. The van der Waals surface area contributed by atoms with Crippen molar-refractivity contribution in [2.75, 3.05) is 5.75 Å². The first-order chi connectivity index (χ1) is 22.9. The van der Waals surface area contributed by atoms with Gasteiger partial charge in [0.15, 0.2) is 16.6 Å². The molecule has 274 valence electrons. The maximum atomic E-state index is 7.41. The van der Waals surface area contributed by atoms with Crippen LogP contribution in [0, 0.1) is 0 Å². The van der Waals surface area contributed by atoms with Crippen LogP contribution in [0.2, 0.25) is 36.3 Å². The van der Waals surface area contributed by atoms with Crippen molar-refractivity contribution in [1.82, 2.24) is 0 Å². The molecule has 47 heavy (non-hydrogen) atoms. The molecule has 0 saturated carbocycles. The fourth-order valence-electron chi connectivity index (χ4n) is 7.41. The number of benzene rings is 1. The van der Waals surface area contributed by atoms with Crippen molar-refractivity contribution in [3.63, 3.8) is 0 Å².